The highest BCUT2D eigenvalue weighted by molar-refractivity contribution is 6.30. The second-order valence-corrected chi connectivity index (χ2v) is 5.92. The molecule has 2 aromatic carbocycles. The topological polar surface area (TPSA) is 88.6 Å². The van der Waals surface area contributed by atoms with Gasteiger partial charge in [0, 0.05) is 10.6 Å². The second-order valence-electron chi connectivity index (χ2n) is 5.49. The fourth-order valence-electron chi connectivity index (χ4n) is 2.36. The minimum Gasteiger partial charge on any atom is -0.493 e. The van der Waals surface area contributed by atoms with Crippen molar-refractivity contribution in [3.63, 3.8) is 0 Å². The molecule has 0 bridgehead atoms. The van der Waals surface area contributed by atoms with Gasteiger partial charge in [0.2, 0.25) is 0 Å². The van der Waals surface area contributed by atoms with Crippen molar-refractivity contribution in [3.05, 3.63) is 64.8 Å². The lowest BCUT2D eigenvalue weighted by Gasteiger charge is -2.08. The van der Waals surface area contributed by atoms with Crippen LogP contribution in [0.2, 0.25) is 5.02 Å². The molecule has 27 heavy (non-hydrogen) atoms. The number of hydrogen-bond donors (Lipinski definition) is 2. The second kappa shape index (κ2) is 8.37. The molecule has 8 heteroatoms. The summed E-state index contributed by atoms with van der Waals surface area (Å²) in [5.74, 6) is 0.794. The number of methoxy groups -OCH3 is 2. The number of rotatable bonds is 6. The maximum atomic E-state index is 12.2. The van der Waals surface area contributed by atoms with Crippen molar-refractivity contribution in [1.82, 2.24) is 15.6 Å². The lowest BCUT2D eigenvalue weighted by Crippen LogP contribution is -2.17. The average Bonchev–Trinajstić information content (AvgIpc) is 3.19. The first-order valence-electron chi connectivity index (χ1n) is 7.97. The summed E-state index contributed by atoms with van der Waals surface area (Å²) in [4.78, 5) is 12.2. The molecule has 0 spiro atoms. The van der Waals surface area contributed by atoms with E-state index in [0.717, 1.165) is 11.1 Å². The van der Waals surface area contributed by atoms with Gasteiger partial charge in [0.25, 0.3) is 5.91 Å². The summed E-state index contributed by atoms with van der Waals surface area (Å²) in [6, 6.07) is 14.1. The normalized spacial score (nSPS) is 10.8. The Morgan fingerprint density at radius 2 is 1.85 bits per heavy atom. The van der Waals surface area contributed by atoms with Crippen LogP contribution in [0.3, 0.4) is 0 Å². The number of hydrazone groups is 1. The molecular weight excluding hydrogens is 368 g/mol. The van der Waals surface area contributed by atoms with Crippen molar-refractivity contribution in [1.29, 1.82) is 0 Å². The predicted molar refractivity (Wildman–Crippen MR) is 104 cm³/mol. The fourth-order valence-corrected chi connectivity index (χ4v) is 2.48. The van der Waals surface area contributed by atoms with Crippen LogP contribution in [0, 0.1) is 0 Å². The molecule has 7 nitrogen and oxygen atoms in total. The van der Waals surface area contributed by atoms with E-state index >= 15 is 0 Å². The Balaban J connectivity index is 1.69. The maximum absolute atomic E-state index is 12.2. The van der Waals surface area contributed by atoms with Crippen LogP contribution in [-0.2, 0) is 0 Å². The minimum atomic E-state index is -0.403. The molecule has 0 aliphatic carbocycles. The number of benzene rings is 2. The van der Waals surface area contributed by atoms with Gasteiger partial charge in [-0.3, -0.25) is 9.89 Å². The Hall–Kier alpha value is -3.32. The molecular formula is C19H17ClN4O3. The molecule has 2 N–H and O–H groups in total. The Morgan fingerprint density at radius 3 is 2.56 bits per heavy atom. The van der Waals surface area contributed by atoms with E-state index in [1.165, 1.54) is 6.21 Å². The Kier molecular flexibility index (Phi) is 5.73. The van der Waals surface area contributed by atoms with E-state index in [1.54, 1.807) is 56.7 Å². The number of carbonyl (C=O) groups is 1. The number of H-pyrrole nitrogens is 1. The summed E-state index contributed by atoms with van der Waals surface area (Å²) < 4.78 is 10.5. The first-order chi connectivity index (χ1) is 13.1. The van der Waals surface area contributed by atoms with E-state index in [1.807, 2.05) is 6.07 Å². The average molecular weight is 385 g/mol. The number of nitrogens with one attached hydrogen (secondary N) is 2. The molecule has 3 aromatic rings. The predicted octanol–water partition coefficient (Wildman–Crippen LogP) is 3.51. The van der Waals surface area contributed by atoms with Gasteiger partial charge in [0.05, 0.1) is 26.1 Å². The minimum absolute atomic E-state index is 0.285. The molecule has 1 amide bonds. The molecule has 0 fully saturated rings. The number of halogens is 1. The monoisotopic (exact) mass is 384 g/mol. The molecule has 0 aliphatic rings. The van der Waals surface area contributed by atoms with Crippen LogP contribution in [0.25, 0.3) is 11.3 Å². The van der Waals surface area contributed by atoms with Crippen molar-refractivity contribution >= 4 is 23.7 Å². The number of carbonyl (C=O) groups excluding carboxylic acids is 1. The molecule has 0 saturated heterocycles. The van der Waals surface area contributed by atoms with Gasteiger partial charge < -0.3 is 9.47 Å². The van der Waals surface area contributed by atoms with Crippen molar-refractivity contribution < 1.29 is 14.3 Å². The van der Waals surface area contributed by atoms with Gasteiger partial charge in [-0.25, -0.2) is 5.43 Å². The standard InChI is InChI=1S/C19H17ClN4O3/c1-26-17-8-5-13(9-18(17)27-2)15-10-16(23-22-15)19(25)24-21-11-12-3-6-14(20)7-4-12/h3-11H,1-2H3,(H,22,23)(H,24,25). The van der Waals surface area contributed by atoms with E-state index in [0.29, 0.717) is 22.2 Å². The Bertz CT molecular complexity index is 967. The van der Waals surface area contributed by atoms with Crippen molar-refractivity contribution in [2.75, 3.05) is 14.2 Å². The molecule has 1 heterocycles. The highest BCUT2D eigenvalue weighted by Gasteiger charge is 2.12. The molecule has 0 aliphatic heterocycles. The molecule has 0 atom stereocenters. The zero-order valence-electron chi connectivity index (χ0n) is 14.7. The van der Waals surface area contributed by atoms with Gasteiger partial charge in [0.15, 0.2) is 11.5 Å². The lowest BCUT2D eigenvalue weighted by atomic mass is 10.1. The van der Waals surface area contributed by atoms with Crippen LogP contribution in [-0.4, -0.2) is 36.5 Å². The molecule has 0 unspecified atom stereocenters. The van der Waals surface area contributed by atoms with Crippen molar-refractivity contribution in [3.8, 4) is 22.8 Å². The van der Waals surface area contributed by atoms with Crippen LogP contribution in [0.5, 0.6) is 11.5 Å². The van der Waals surface area contributed by atoms with Gasteiger partial charge in [-0.1, -0.05) is 23.7 Å². The Morgan fingerprint density at radius 1 is 1.11 bits per heavy atom. The molecule has 0 saturated carbocycles. The lowest BCUT2D eigenvalue weighted by molar-refractivity contribution is 0.0950. The number of aromatic nitrogens is 2. The summed E-state index contributed by atoms with van der Waals surface area (Å²) in [5.41, 5.74) is 4.93. The molecule has 138 valence electrons. The van der Waals surface area contributed by atoms with E-state index in [-0.39, 0.29) is 5.69 Å². The zero-order valence-corrected chi connectivity index (χ0v) is 15.4. The van der Waals surface area contributed by atoms with Crippen molar-refractivity contribution in [2.45, 2.75) is 0 Å². The number of hydrogen-bond acceptors (Lipinski definition) is 5. The summed E-state index contributed by atoms with van der Waals surface area (Å²) in [5, 5.41) is 11.4. The highest BCUT2D eigenvalue weighted by atomic mass is 35.5. The fraction of sp³-hybridized carbons (Fsp3) is 0.105. The van der Waals surface area contributed by atoms with E-state index in [4.69, 9.17) is 21.1 Å². The quantitative estimate of drug-likeness (QED) is 0.502. The number of amides is 1. The maximum Gasteiger partial charge on any atom is 0.289 e. The molecule has 0 radical (unpaired) electrons. The summed E-state index contributed by atoms with van der Waals surface area (Å²) in [6.07, 6.45) is 1.53. The van der Waals surface area contributed by atoms with Crippen LogP contribution in [0.4, 0.5) is 0 Å². The Labute approximate surface area is 161 Å². The van der Waals surface area contributed by atoms with Gasteiger partial charge in [-0.2, -0.15) is 10.2 Å². The zero-order chi connectivity index (χ0) is 19.2. The first-order valence-corrected chi connectivity index (χ1v) is 8.35. The van der Waals surface area contributed by atoms with Gasteiger partial charge >= 0.3 is 0 Å². The van der Waals surface area contributed by atoms with E-state index in [2.05, 4.69) is 20.7 Å². The van der Waals surface area contributed by atoms with Gasteiger partial charge in [-0.15, -0.1) is 0 Å². The van der Waals surface area contributed by atoms with E-state index in [9.17, 15) is 4.79 Å². The van der Waals surface area contributed by atoms with Crippen molar-refractivity contribution in [2.24, 2.45) is 5.10 Å². The highest BCUT2D eigenvalue weighted by Crippen LogP contribution is 2.31. The SMILES string of the molecule is COc1ccc(-c2cc(C(=O)NN=Cc3ccc(Cl)cc3)[nH]n2)cc1OC. The third-order valence-electron chi connectivity index (χ3n) is 3.75. The van der Waals surface area contributed by atoms with Gasteiger partial charge in [0.1, 0.15) is 5.69 Å². The van der Waals surface area contributed by atoms with Crippen LogP contribution in [0.15, 0.2) is 53.6 Å². The van der Waals surface area contributed by atoms with E-state index < -0.39 is 5.91 Å². The number of nitrogens with zero attached hydrogens (tertiary/aromatic N) is 2. The smallest absolute Gasteiger partial charge is 0.289 e. The van der Waals surface area contributed by atoms with Gasteiger partial charge in [-0.05, 0) is 42.0 Å². The molecule has 1 aromatic heterocycles. The number of aromatic amines is 1. The van der Waals surface area contributed by atoms with Crippen LogP contribution >= 0.6 is 11.6 Å². The number of ether oxygens (including phenoxy) is 2. The summed E-state index contributed by atoms with van der Waals surface area (Å²) >= 11 is 5.82. The first kappa shape index (κ1) is 18.5. The summed E-state index contributed by atoms with van der Waals surface area (Å²) in [7, 11) is 3.13. The molecule has 3 rings (SSSR count). The van der Waals surface area contributed by atoms with Crippen LogP contribution < -0.4 is 14.9 Å². The third-order valence-corrected chi connectivity index (χ3v) is 4.00. The third kappa shape index (κ3) is 4.45. The summed E-state index contributed by atoms with van der Waals surface area (Å²) in [6.45, 7) is 0. The largest absolute Gasteiger partial charge is 0.493 e. The van der Waals surface area contributed by atoms with Crippen LogP contribution in [0.1, 0.15) is 16.1 Å².